The lowest BCUT2D eigenvalue weighted by Gasteiger charge is -2.28. The highest BCUT2D eigenvalue weighted by atomic mass is 14.3. The fraction of sp³-hybridized carbons (Fsp3) is 0.846. The third kappa shape index (κ3) is 8.92. The van der Waals surface area contributed by atoms with Crippen molar-refractivity contribution in [2.45, 2.75) is 117 Å². The van der Waals surface area contributed by atoms with Crippen LogP contribution in [0.2, 0.25) is 0 Å². The number of allylic oxidation sites excluding steroid dienone is 4. The van der Waals surface area contributed by atoms with E-state index in [0.29, 0.717) is 0 Å². The number of hydrogen-bond acceptors (Lipinski definition) is 0. The maximum Gasteiger partial charge on any atom is -0.0322 e. The van der Waals surface area contributed by atoms with Gasteiger partial charge in [0, 0.05) is 0 Å². The van der Waals surface area contributed by atoms with Crippen LogP contribution in [0.15, 0.2) is 24.3 Å². The van der Waals surface area contributed by atoms with Gasteiger partial charge < -0.3 is 0 Å². The van der Waals surface area contributed by atoms with Crippen molar-refractivity contribution >= 4 is 0 Å². The molecule has 0 aliphatic heterocycles. The molecule has 0 spiro atoms. The molecule has 0 aromatic heterocycles. The first-order valence-electron chi connectivity index (χ1n) is 12.1. The Morgan fingerprint density at radius 3 is 1.62 bits per heavy atom. The molecular formula is C26H46. The zero-order valence-corrected chi connectivity index (χ0v) is 17.9. The van der Waals surface area contributed by atoms with Crippen molar-refractivity contribution in [1.82, 2.24) is 0 Å². The number of rotatable bonds is 11. The second-order valence-corrected chi connectivity index (χ2v) is 9.36. The molecule has 26 heavy (non-hydrogen) atoms. The molecule has 0 N–H and O–H groups in total. The molecule has 0 unspecified atom stereocenters. The molecule has 0 heterocycles. The Kier molecular flexibility index (Phi) is 11.4. The number of unbranched alkanes of at least 4 members (excludes halogenated alkanes) is 2. The summed E-state index contributed by atoms with van der Waals surface area (Å²) in [6.07, 6.45) is 32.8. The van der Waals surface area contributed by atoms with E-state index in [0.717, 1.165) is 23.7 Å². The summed E-state index contributed by atoms with van der Waals surface area (Å²) in [5.74, 6) is 4.05. The van der Waals surface area contributed by atoms with E-state index >= 15 is 0 Å². The van der Waals surface area contributed by atoms with E-state index in [1.165, 1.54) is 103 Å². The average molecular weight is 359 g/mol. The standard InChI is InChI=1S/C26H46/c1-3-5-7-11-23-15-19-25(20-16-23)13-9-10-14-26-21-17-24(18-22-26)12-8-6-4-2/h3,5,9-10,23-26H,4,6-8,11-22H2,1-2H3. The lowest BCUT2D eigenvalue weighted by molar-refractivity contribution is 0.258. The lowest BCUT2D eigenvalue weighted by Crippen LogP contribution is -2.14. The predicted octanol–water partition coefficient (Wildman–Crippen LogP) is 8.87. The maximum absolute atomic E-state index is 2.54. The van der Waals surface area contributed by atoms with E-state index in [9.17, 15) is 0 Å². The zero-order valence-electron chi connectivity index (χ0n) is 17.9. The summed E-state index contributed by atoms with van der Waals surface area (Å²) < 4.78 is 0. The van der Waals surface area contributed by atoms with Crippen LogP contribution in [0.1, 0.15) is 117 Å². The molecule has 2 aliphatic rings. The summed E-state index contributed by atoms with van der Waals surface area (Å²) in [5, 5.41) is 0. The average Bonchev–Trinajstić information content (AvgIpc) is 2.68. The Hall–Kier alpha value is -0.520. The van der Waals surface area contributed by atoms with Crippen molar-refractivity contribution in [2.75, 3.05) is 0 Å². The molecule has 0 amide bonds. The van der Waals surface area contributed by atoms with Crippen molar-refractivity contribution in [2.24, 2.45) is 23.7 Å². The lowest BCUT2D eigenvalue weighted by atomic mass is 9.78. The van der Waals surface area contributed by atoms with Gasteiger partial charge in [-0.15, -0.1) is 0 Å². The van der Waals surface area contributed by atoms with Gasteiger partial charge in [-0.2, -0.15) is 0 Å². The van der Waals surface area contributed by atoms with Gasteiger partial charge in [-0.3, -0.25) is 0 Å². The molecule has 150 valence electrons. The van der Waals surface area contributed by atoms with E-state index in [-0.39, 0.29) is 0 Å². The molecule has 2 fully saturated rings. The molecule has 2 rings (SSSR count). The van der Waals surface area contributed by atoms with Crippen molar-refractivity contribution in [3.05, 3.63) is 24.3 Å². The molecule has 2 aliphatic carbocycles. The zero-order chi connectivity index (χ0) is 18.5. The predicted molar refractivity (Wildman–Crippen MR) is 117 cm³/mol. The van der Waals surface area contributed by atoms with Crippen molar-refractivity contribution in [3.63, 3.8) is 0 Å². The van der Waals surface area contributed by atoms with Crippen molar-refractivity contribution in [1.29, 1.82) is 0 Å². The van der Waals surface area contributed by atoms with E-state index in [2.05, 4.69) is 38.2 Å². The molecule has 0 aromatic rings. The Morgan fingerprint density at radius 1 is 0.615 bits per heavy atom. The van der Waals surface area contributed by atoms with E-state index in [1.54, 1.807) is 0 Å². The highest BCUT2D eigenvalue weighted by Crippen LogP contribution is 2.35. The SMILES string of the molecule is CC=CCCC1CCC(CC=CCC2CCC(CCCCC)CC2)CC1. The van der Waals surface area contributed by atoms with Crippen LogP contribution in [-0.2, 0) is 0 Å². The Labute approximate surface area is 164 Å². The molecular weight excluding hydrogens is 312 g/mol. The Bertz CT molecular complexity index is 375. The Morgan fingerprint density at radius 2 is 1.12 bits per heavy atom. The smallest absolute Gasteiger partial charge is 0.0322 e. The van der Waals surface area contributed by atoms with Crippen LogP contribution in [-0.4, -0.2) is 0 Å². The topological polar surface area (TPSA) is 0 Å². The molecule has 0 atom stereocenters. The van der Waals surface area contributed by atoms with E-state index < -0.39 is 0 Å². The van der Waals surface area contributed by atoms with Gasteiger partial charge in [0.15, 0.2) is 0 Å². The van der Waals surface area contributed by atoms with Crippen LogP contribution < -0.4 is 0 Å². The van der Waals surface area contributed by atoms with Gasteiger partial charge >= 0.3 is 0 Å². The fourth-order valence-electron chi connectivity index (χ4n) is 5.27. The molecule has 0 saturated heterocycles. The molecule has 0 bridgehead atoms. The van der Waals surface area contributed by atoms with E-state index in [4.69, 9.17) is 0 Å². The first-order valence-corrected chi connectivity index (χ1v) is 12.1. The van der Waals surface area contributed by atoms with E-state index in [1.807, 2.05) is 0 Å². The summed E-state index contributed by atoms with van der Waals surface area (Å²) in [4.78, 5) is 0. The van der Waals surface area contributed by atoms with Crippen LogP contribution >= 0.6 is 0 Å². The molecule has 2 saturated carbocycles. The minimum absolute atomic E-state index is 0.985. The van der Waals surface area contributed by atoms with Crippen molar-refractivity contribution in [3.8, 4) is 0 Å². The van der Waals surface area contributed by atoms with Gasteiger partial charge in [0.2, 0.25) is 0 Å². The minimum Gasteiger partial charge on any atom is -0.0917 e. The summed E-state index contributed by atoms with van der Waals surface area (Å²) in [7, 11) is 0. The van der Waals surface area contributed by atoms with Crippen LogP contribution in [0.25, 0.3) is 0 Å². The van der Waals surface area contributed by atoms with Crippen LogP contribution in [0.4, 0.5) is 0 Å². The summed E-state index contributed by atoms with van der Waals surface area (Å²) in [6, 6.07) is 0. The summed E-state index contributed by atoms with van der Waals surface area (Å²) in [6.45, 7) is 4.46. The quantitative estimate of drug-likeness (QED) is 0.255. The van der Waals surface area contributed by atoms with Gasteiger partial charge in [0.05, 0.1) is 0 Å². The normalized spacial score (nSPS) is 30.4. The highest BCUT2D eigenvalue weighted by Gasteiger charge is 2.21. The second kappa shape index (κ2) is 13.6. The molecule has 0 heteroatoms. The van der Waals surface area contributed by atoms with Gasteiger partial charge in [0.1, 0.15) is 0 Å². The summed E-state index contributed by atoms with van der Waals surface area (Å²) in [5.41, 5.74) is 0. The van der Waals surface area contributed by atoms with Crippen LogP contribution in [0.3, 0.4) is 0 Å². The van der Waals surface area contributed by atoms with Gasteiger partial charge in [-0.25, -0.2) is 0 Å². The minimum atomic E-state index is 0.985. The molecule has 0 radical (unpaired) electrons. The van der Waals surface area contributed by atoms with Crippen LogP contribution in [0, 0.1) is 23.7 Å². The molecule has 0 aromatic carbocycles. The van der Waals surface area contributed by atoms with Crippen LogP contribution in [0.5, 0.6) is 0 Å². The second-order valence-electron chi connectivity index (χ2n) is 9.36. The highest BCUT2D eigenvalue weighted by molar-refractivity contribution is 4.89. The first-order chi connectivity index (χ1) is 12.8. The maximum atomic E-state index is 2.54. The monoisotopic (exact) mass is 358 g/mol. The molecule has 0 nitrogen and oxygen atoms in total. The first kappa shape index (κ1) is 21.8. The third-order valence-electron chi connectivity index (χ3n) is 7.23. The van der Waals surface area contributed by atoms with Crippen molar-refractivity contribution < 1.29 is 0 Å². The largest absolute Gasteiger partial charge is 0.0917 e. The van der Waals surface area contributed by atoms with Gasteiger partial charge in [-0.05, 0) is 82.0 Å². The fourth-order valence-corrected chi connectivity index (χ4v) is 5.27. The van der Waals surface area contributed by atoms with Gasteiger partial charge in [0.25, 0.3) is 0 Å². The third-order valence-corrected chi connectivity index (χ3v) is 7.23. The number of hydrogen-bond donors (Lipinski definition) is 0. The van der Waals surface area contributed by atoms with Gasteiger partial charge in [-0.1, -0.05) is 82.6 Å². The summed E-state index contributed by atoms with van der Waals surface area (Å²) >= 11 is 0. The Balaban J connectivity index is 1.50.